The van der Waals surface area contributed by atoms with E-state index in [1.165, 1.54) is 0 Å². The highest BCUT2D eigenvalue weighted by Gasteiger charge is 2.53. The topological polar surface area (TPSA) is 105 Å². The Morgan fingerprint density at radius 1 is 1.20 bits per heavy atom. The lowest BCUT2D eigenvalue weighted by Gasteiger charge is -2.24. The van der Waals surface area contributed by atoms with Crippen molar-refractivity contribution in [1.29, 1.82) is 0 Å². The van der Waals surface area contributed by atoms with Gasteiger partial charge in [0.05, 0.1) is 15.7 Å². The maximum Gasteiger partial charge on any atom is 0.401 e. The van der Waals surface area contributed by atoms with Crippen LogP contribution in [0, 0.1) is 11.8 Å². The van der Waals surface area contributed by atoms with E-state index in [0.717, 1.165) is 12.5 Å². The zero-order chi connectivity index (χ0) is 18.8. The zero-order valence-corrected chi connectivity index (χ0v) is 14.5. The Bertz CT molecular complexity index is 894. The monoisotopic (exact) mass is 396 g/mol. The van der Waals surface area contributed by atoms with E-state index in [-0.39, 0.29) is 0 Å². The number of allylic oxidation sites excluding steroid dienone is 4. The smallest absolute Gasteiger partial charge is 0.360 e. The Labute approximate surface area is 144 Å². The molecule has 0 aliphatic heterocycles. The van der Waals surface area contributed by atoms with Gasteiger partial charge in [0.1, 0.15) is 5.92 Å². The second-order valence-corrected chi connectivity index (χ2v) is 8.65. The number of nitrogens with zero attached hydrogens (tertiary/aromatic N) is 2. The van der Waals surface area contributed by atoms with Gasteiger partial charge >= 0.3 is 11.2 Å². The van der Waals surface area contributed by atoms with Crippen LogP contribution in [0.2, 0.25) is 0 Å². The van der Waals surface area contributed by atoms with Crippen molar-refractivity contribution in [3.05, 3.63) is 28.7 Å². The van der Waals surface area contributed by atoms with Crippen molar-refractivity contribution in [2.75, 3.05) is 0 Å². The Morgan fingerprint density at radius 2 is 1.80 bits per heavy atom. The highest BCUT2D eigenvalue weighted by atomic mass is 32.2. The average Bonchev–Trinajstić information content (AvgIpc) is 2.54. The van der Waals surface area contributed by atoms with Crippen molar-refractivity contribution in [2.24, 2.45) is 11.8 Å². The molecule has 1 atom stereocenters. The van der Waals surface area contributed by atoms with Gasteiger partial charge in [0.25, 0.3) is 9.84 Å². The van der Waals surface area contributed by atoms with Crippen LogP contribution in [0.25, 0.3) is 5.53 Å². The van der Waals surface area contributed by atoms with Crippen LogP contribution in [-0.2, 0) is 20.1 Å². The number of sulfone groups is 1. The first-order chi connectivity index (χ1) is 11.6. The molecule has 1 fully saturated rings. The minimum absolute atomic E-state index is 0.377. The predicted octanol–water partition coefficient (Wildman–Crippen LogP) is 2.29. The van der Waals surface area contributed by atoms with Gasteiger partial charge in [0, 0.05) is 0 Å². The number of alkyl halides is 3. The third kappa shape index (κ3) is 3.94. The van der Waals surface area contributed by atoms with E-state index in [1.54, 1.807) is 0 Å². The van der Waals surface area contributed by atoms with E-state index in [0.29, 0.717) is 37.8 Å². The normalized spacial score (nSPS) is 22.3. The van der Waals surface area contributed by atoms with Crippen molar-refractivity contribution < 1.29 is 34.8 Å². The molecule has 0 amide bonds. The molecule has 138 valence electrons. The van der Waals surface area contributed by atoms with Crippen LogP contribution < -0.4 is 0 Å². The van der Waals surface area contributed by atoms with Gasteiger partial charge in [-0.2, -0.15) is 26.4 Å². The van der Waals surface area contributed by atoms with E-state index in [9.17, 15) is 30.0 Å². The fraction of sp³-hybridized carbons (Fsp3) is 0.571. The van der Waals surface area contributed by atoms with Crippen LogP contribution in [0.3, 0.4) is 0 Å². The van der Waals surface area contributed by atoms with Gasteiger partial charge in [-0.25, -0.2) is 8.42 Å². The number of hydrogen-bond acceptors (Lipinski definition) is 4. The summed E-state index contributed by atoms with van der Waals surface area (Å²) in [5, 5.41) is -0.737. The van der Waals surface area contributed by atoms with E-state index >= 15 is 0 Å². The third-order valence-corrected chi connectivity index (χ3v) is 6.96. The molecule has 2 aliphatic rings. The molecule has 0 aromatic carbocycles. The fourth-order valence-electron chi connectivity index (χ4n) is 3.11. The maximum atomic E-state index is 13.4. The predicted molar refractivity (Wildman–Crippen MR) is 84.8 cm³/mol. The molecule has 11 heteroatoms. The largest absolute Gasteiger partial charge is 0.401 e. The van der Waals surface area contributed by atoms with Gasteiger partial charge in [-0.05, 0) is 25.0 Å². The van der Waals surface area contributed by atoms with Crippen LogP contribution in [0.1, 0.15) is 32.1 Å². The summed E-state index contributed by atoms with van der Waals surface area (Å²) in [5.74, 6) is -3.51. The molecule has 25 heavy (non-hydrogen) atoms. The van der Waals surface area contributed by atoms with E-state index in [4.69, 9.17) is 5.53 Å². The third-order valence-electron chi connectivity index (χ3n) is 4.25. The van der Waals surface area contributed by atoms with Gasteiger partial charge < -0.3 is 5.53 Å². The summed E-state index contributed by atoms with van der Waals surface area (Å²) in [5.41, 5.74) is 9.16. The Hall–Kier alpha value is -1.71. The first-order valence-corrected chi connectivity index (χ1v) is 10.0. The highest BCUT2D eigenvalue weighted by molar-refractivity contribution is 8.09. The second kappa shape index (κ2) is 7.27. The van der Waals surface area contributed by atoms with Gasteiger partial charge in [-0.15, -0.1) is 0 Å². The van der Waals surface area contributed by atoms with Crippen molar-refractivity contribution in [2.45, 2.75) is 38.3 Å². The van der Waals surface area contributed by atoms with Crippen LogP contribution in [0.4, 0.5) is 13.2 Å². The summed E-state index contributed by atoms with van der Waals surface area (Å²) in [6, 6.07) is 0. The molecule has 0 radical (unpaired) electrons. The molecule has 2 aliphatic carbocycles. The van der Waals surface area contributed by atoms with Crippen molar-refractivity contribution in [3.63, 3.8) is 0 Å². The van der Waals surface area contributed by atoms with Crippen LogP contribution in [-0.4, -0.2) is 37.7 Å². The average molecular weight is 396 g/mol. The second-order valence-electron chi connectivity index (χ2n) is 5.82. The molecular weight excluding hydrogens is 381 g/mol. The van der Waals surface area contributed by atoms with Gasteiger partial charge in [0.15, 0.2) is 0 Å². The lowest BCUT2D eigenvalue weighted by atomic mass is 9.90. The molecule has 0 N–H and O–H groups in total. The first kappa shape index (κ1) is 19.6. The minimum atomic E-state index is -5.13. The summed E-state index contributed by atoms with van der Waals surface area (Å²) in [6.45, 7) is 0. The molecule has 0 aromatic rings. The van der Waals surface area contributed by atoms with Gasteiger partial charge in [0.2, 0.25) is 10.3 Å². The van der Waals surface area contributed by atoms with E-state index in [2.05, 4.69) is 4.79 Å². The van der Waals surface area contributed by atoms with Crippen molar-refractivity contribution >= 4 is 30.0 Å². The number of rotatable bonds is 2. The van der Waals surface area contributed by atoms with Gasteiger partial charge in [-0.1, -0.05) is 25.3 Å². The minimum Gasteiger partial charge on any atom is -0.360 e. The Balaban J connectivity index is 2.60. The fourth-order valence-corrected chi connectivity index (χ4v) is 5.68. The zero-order valence-electron chi connectivity index (χ0n) is 12.9. The molecule has 6 nitrogen and oxygen atoms in total. The molecular formula is C14H15F3N2O4S2. The van der Waals surface area contributed by atoms with Crippen LogP contribution in [0.5, 0.6) is 0 Å². The van der Waals surface area contributed by atoms with Crippen molar-refractivity contribution in [1.82, 2.24) is 0 Å². The summed E-state index contributed by atoms with van der Waals surface area (Å²) >= 11 is 0. The molecule has 0 aromatic heterocycles. The quantitative estimate of drug-likeness (QED) is 0.235. The molecule has 0 spiro atoms. The summed E-state index contributed by atoms with van der Waals surface area (Å²) in [7, 11) is -8.03. The lowest BCUT2D eigenvalue weighted by molar-refractivity contribution is -0.144. The molecule has 0 bridgehead atoms. The number of hydrogen-bond donors (Lipinski definition) is 0. The molecule has 0 saturated heterocycles. The summed E-state index contributed by atoms with van der Waals surface area (Å²) in [4.78, 5) is 0.551. The van der Waals surface area contributed by atoms with Crippen molar-refractivity contribution in [3.8, 4) is 0 Å². The van der Waals surface area contributed by atoms with E-state index in [1.807, 2.05) is 0 Å². The maximum absolute atomic E-state index is 13.4. The molecule has 1 unspecified atom stereocenters. The molecule has 0 heterocycles. The SMILES string of the molecule is [N-]=[N+]=C(C1CCCCC1)S(=O)(=O)C1=CC=CC(=S(=O)=O)C1C(F)(F)F. The first-order valence-electron chi connectivity index (χ1n) is 7.48. The highest BCUT2D eigenvalue weighted by Crippen LogP contribution is 2.39. The summed E-state index contributed by atoms with van der Waals surface area (Å²) < 4.78 is 88.0. The Kier molecular flexibility index (Phi) is 5.70. The van der Waals surface area contributed by atoms with E-state index < -0.39 is 53.0 Å². The molecule has 1 saturated carbocycles. The standard InChI is InChI=1S/C14H15F3N2O4S2/c15-14(16,17)12-10(24(20)21)7-4-8-11(12)25(22,23)13(19-18)9-5-2-1-3-6-9/h4,7-9,12H,1-3,5-6H2. The number of halogens is 3. The van der Waals surface area contributed by atoms with Crippen LogP contribution in [0.15, 0.2) is 23.1 Å². The van der Waals surface area contributed by atoms with Crippen LogP contribution >= 0.6 is 0 Å². The van der Waals surface area contributed by atoms with Gasteiger partial charge in [-0.3, -0.25) is 0 Å². The lowest BCUT2D eigenvalue weighted by Crippen LogP contribution is -2.39. The summed E-state index contributed by atoms with van der Waals surface area (Å²) in [6.07, 6.45) is 0.159. The Morgan fingerprint density at radius 3 is 2.28 bits per heavy atom. The molecule has 2 rings (SSSR count).